The Kier molecular flexibility index (Phi) is 6.77. The molecule has 8 heteroatoms. The number of carbonyl (C=O) groups is 3. The fraction of sp³-hybridized carbons (Fsp3) is 0.571. The second-order valence-corrected chi connectivity index (χ2v) is 9.06. The van der Waals surface area contributed by atoms with Gasteiger partial charge in [0, 0.05) is 18.6 Å². The van der Waals surface area contributed by atoms with Crippen LogP contribution >= 0.6 is 0 Å². The molecule has 0 aliphatic carbocycles. The Hall–Kier alpha value is -2.77. The van der Waals surface area contributed by atoms with E-state index < -0.39 is 29.4 Å². The Morgan fingerprint density at radius 3 is 2.14 bits per heavy atom. The van der Waals surface area contributed by atoms with E-state index in [1.807, 2.05) is 26.8 Å². The molecule has 1 N–H and O–H groups in total. The first-order valence-corrected chi connectivity index (χ1v) is 9.69. The number of piperazine rings is 1. The molecule has 0 radical (unpaired) electrons. The van der Waals surface area contributed by atoms with Gasteiger partial charge in [0.25, 0.3) is 0 Å². The van der Waals surface area contributed by atoms with Crippen LogP contribution in [0.25, 0.3) is 0 Å². The van der Waals surface area contributed by atoms with Gasteiger partial charge in [-0.1, -0.05) is 18.2 Å². The number of nitrogens with zero attached hydrogens (tertiary/aromatic N) is 2. The van der Waals surface area contributed by atoms with E-state index in [0.29, 0.717) is 5.75 Å². The van der Waals surface area contributed by atoms with Crippen molar-refractivity contribution in [1.29, 1.82) is 0 Å². The molecule has 0 spiro atoms. The van der Waals surface area contributed by atoms with Crippen molar-refractivity contribution in [2.45, 2.75) is 58.7 Å². The van der Waals surface area contributed by atoms with Crippen molar-refractivity contribution in [3.05, 3.63) is 30.3 Å². The van der Waals surface area contributed by atoms with Gasteiger partial charge >= 0.3 is 12.2 Å². The van der Waals surface area contributed by atoms with Crippen LogP contribution in [0.4, 0.5) is 9.59 Å². The maximum atomic E-state index is 12.9. The second-order valence-electron chi connectivity index (χ2n) is 9.06. The smallest absolute Gasteiger partial charge is 0.415 e. The van der Waals surface area contributed by atoms with Crippen molar-refractivity contribution in [2.75, 3.05) is 19.6 Å². The van der Waals surface area contributed by atoms with Gasteiger partial charge in [-0.15, -0.1) is 0 Å². The molecule has 1 aliphatic rings. The fourth-order valence-corrected chi connectivity index (χ4v) is 2.82. The molecule has 2 rings (SSSR count). The highest BCUT2D eigenvalue weighted by Crippen LogP contribution is 2.19. The van der Waals surface area contributed by atoms with Crippen molar-refractivity contribution in [3.63, 3.8) is 0 Å². The minimum absolute atomic E-state index is 0.0207. The van der Waals surface area contributed by atoms with Crippen molar-refractivity contribution < 1.29 is 23.9 Å². The predicted octanol–water partition coefficient (Wildman–Crippen LogP) is 3.02. The number of benzene rings is 1. The normalized spacial score (nSPS) is 17.5. The molecule has 0 unspecified atom stereocenters. The molecule has 0 bridgehead atoms. The summed E-state index contributed by atoms with van der Waals surface area (Å²) in [5.41, 5.74) is -1.17. The summed E-state index contributed by atoms with van der Waals surface area (Å²) in [6.45, 7) is 11.3. The number of amides is 3. The van der Waals surface area contributed by atoms with Crippen LogP contribution in [0.15, 0.2) is 30.3 Å². The van der Waals surface area contributed by atoms with Gasteiger partial charge in [0.1, 0.15) is 17.4 Å². The van der Waals surface area contributed by atoms with E-state index in [2.05, 4.69) is 5.32 Å². The third-order valence-corrected chi connectivity index (χ3v) is 4.02. The van der Waals surface area contributed by atoms with E-state index in [1.165, 1.54) is 9.80 Å². The summed E-state index contributed by atoms with van der Waals surface area (Å²) in [6.07, 6.45) is -1.14. The summed E-state index contributed by atoms with van der Waals surface area (Å²) in [4.78, 5) is 40.9. The van der Waals surface area contributed by atoms with Gasteiger partial charge in [-0.3, -0.25) is 9.69 Å². The third kappa shape index (κ3) is 6.96. The van der Waals surface area contributed by atoms with Crippen molar-refractivity contribution >= 4 is 18.1 Å². The summed E-state index contributed by atoms with van der Waals surface area (Å²) in [7, 11) is 0. The maximum absolute atomic E-state index is 12.9. The number of hydrogen-bond donors (Lipinski definition) is 1. The zero-order valence-electron chi connectivity index (χ0n) is 18.0. The number of hydrogen-bond acceptors (Lipinski definition) is 5. The Morgan fingerprint density at radius 2 is 1.59 bits per heavy atom. The zero-order chi connectivity index (χ0) is 21.8. The van der Waals surface area contributed by atoms with E-state index >= 15 is 0 Å². The van der Waals surface area contributed by atoms with E-state index in [-0.39, 0.29) is 25.5 Å². The maximum Gasteiger partial charge on any atom is 0.415 e. The van der Waals surface area contributed by atoms with Crippen LogP contribution in [-0.4, -0.2) is 64.7 Å². The molecule has 1 aromatic rings. The molecule has 1 atom stereocenters. The lowest BCUT2D eigenvalue weighted by Gasteiger charge is -2.41. The molecule has 0 saturated carbocycles. The number of ether oxygens (including phenoxy) is 2. The van der Waals surface area contributed by atoms with Gasteiger partial charge in [0.05, 0.1) is 6.54 Å². The van der Waals surface area contributed by atoms with Gasteiger partial charge < -0.3 is 19.7 Å². The summed E-state index contributed by atoms with van der Waals surface area (Å²) < 4.78 is 10.8. The first kappa shape index (κ1) is 22.5. The molecular formula is C21H31N3O5. The van der Waals surface area contributed by atoms with Crippen molar-refractivity contribution in [3.8, 4) is 5.75 Å². The fourth-order valence-electron chi connectivity index (χ4n) is 2.82. The highest BCUT2D eigenvalue weighted by Gasteiger charge is 2.40. The van der Waals surface area contributed by atoms with Gasteiger partial charge in [-0.25, -0.2) is 9.59 Å². The highest BCUT2D eigenvalue weighted by molar-refractivity contribution is 5.87. The molecule has 3 amide bonds. The monoisotopic (exact) mass is 405 g/mol. The lowest BCUT2D eigenvalue weighted by molar-refractivity contribution is -0.129. The molecule has 29 heavy (non-hydrogen) atoms. The third-order valence-electron chi connectivity index (χ3n) is 4.02. The minimum Gasteiger partial charge on any atom is -0.444 e. The average molecular weight is 405 g/mol. The first-order chi connectivity index (χ1) is 13.4. The largest absolute Gasteiger partial charge is 0.444 e. The molecule has 1 fully saturated rings. The van der Waals surface area contributed by atoms with Crippen LogP contribution < -0.4 is 10.1 Å². The van der Waals surface area contributed by atoms with E-state index in [1.54, 1.807) is 45.0 Å². The van der Waals surface area contributed by atoms with Gasteiger partial charge in [0.15, 0.2) is 0 Å². The molecule has 0 aromatic heterocycles. The average Bonchev–Trinajstić information content (AvgIpc) is 2.59. The quantitative estimate of drug-likeness (QED) is 0.817. The van der Waals surface area contributed by atoms with E-state index in [9.17, 15) is 14.4 Å². The summed E-state index contributed by atoms with van der Waals surface area (Å²) in [5.74, 6) is 0.0725. The Morgan fingerprint density at radius 1 is 0.966 bits per heavy atom. The van der Waals surface area contributed by atoms with E-state index in [4.69, 9.17) is 9.47 Å². The lowest BCUT2D eigenvalue weighted by atomic mass is 10.1. The lowest BCUT2D eigenvalue weighted by Crippen LogP contribution is -2.63. The highest BCUT2D eigenvalue weighted by atomic mass is 16.6. The summed E-state index contributed by atoms with van der Waals surface area (Å²) in [6, 6.07) is 7.84. The van der Waals surface area contributed by atoms with Crippen LogP contribution in [0.5, 0.6) is 5.75 Å². The SMILES string of the molecule is CC(C)(C)NC(=O)[C@H]1CN(C(=O)Oc2ccccc2)CCN1C(=O)OC(C)(C)C. The van der Waals surface area contributed by atoms with Crippen LogP contribution in [0.1, 0.15) is 41.5 Å². The van der Waals surface area contributed by atoms with Gasteiger partial charge in [-0.05, 0) is 53.7 Å². The molecule has 1 heterocycles. The van der Waals surface area contributed by atoms with Gasteiger partial charge in [0.2, 0.25) is 5.91 Å². The van der Waals surface area contributed by atoms with Crippen LogP contribution in [0.3, 0.4) is 0 Å². The predicted molar refractivity (Wildman–Crippen MR) is 109 cm³/mol. The van der Waals surface area contributed by atoms with Crippen molar-refractivity contribution in [2.24, 2.45) is 0 Å². The molecule has 8 nitrogen and oxygen atoms in total. The minimum atomic E-state index is -0.874. The molecule has 1 saturated heterocycles. The van der Waals surface area contributed by atoms with Gasteiger partial charge in [-0.2, -0.15) is 0 Å². The van der Waals surface area contributed by atoms with E-state index in [0.717, 1.165) is 0 Å². The summed E-state index contributed by atoms with van der Waals surface area (Å²) in [5, 5.41) is 2.88. The second kappa shape index (κ2) is 8.71. The number of para-hydroxylation sites is 1. The summed E-state index contributed by atoms with van der Waals surface area (Å²) >= 11 is 0. The van der Waals surface area contributed by atoms with Crippen LogP contribution in [0.2, 0.25) is 0 Å². The molecular weight excluding hydrogens is 374 g/mol. The topological polar surface area (TPSA) is 88.2 Å². The molecule has 1 aromatic carbocycles. The van der Waals surface area contributed by atoms with Crippen LogP contribution in [0, 0.1) is 0 Å². The van der Waals surface area contributed by atoms with Crippen LogP contribution in [-0.2, 0) is 9.53 Å². The first-order valence-electron chi connectivity index (χ1n) is 9.69. The zero-order valence-corrected chi connectivity index (χ0v) is 18.0. The molecule has 1 aliphatic heterocycles. The Labute approximate surface area is 172 Å². The molecule has 160 valence electrons. The Bertz CT molecular complexity index is 737. The number of nitrogens with one attached hydrogen (secondary N) is 1. The van der Waals surface area contributed by atoms with Crippen molar-refractivity contribution in [1.82, 2.24) is 15.1 Å². The number of carbonyl (C=O) groups excluding carboxylic acids is 3. The standard InChI is InChI=1S/C21H31N3O5/c1-20(2,3)22-17(25)16-14-23(18(26)28-15-10-8-7-9-11-15)12-13-24(16)19(27)29-21(4,5)6/h7-11,16H,12-14H2,1-6H3,(H,22,25)/t16-/m1/s1. The number of rotatable bonds is 2. The Balaban J connectivity index is 2.16.